The van der Waals surface area contributed by atoms with Crippen LogP contribution in [0.1, 0.15) is 41.0 Å². The van der Waals surface area contributed by atoms with E-state index in [-0.39, 0.29) is 48.1 Å². The van der Waals surface area contributed by atoms with Gasteiger partial charge in [-0.1, -0.05) is 32.9 Å². The molecule has 0 aromatic carbocycles. The Morgan fingerprint density at radius 1 is 1.18 bits per heavy atom. The highest BCUT2D eigenvalue weighted by molar-refractivity contribution is 5.97. The first-order valence-electron chi connectivity index (χ1n) is 10.3. The molecule has 0 bridgehead atoms. The Balaban J connectivity index is 2.55. The highest BCUT2D eigenvalue weighted by Gasteiger charge is 2.58. The molecule has 1 saturated heterocycles. The maximum atomic E-state index is 13.6. The molecule has 0 radical (unpaired) electrons. The standard InChI is InChI=1S/C21H35N3O4/c1-7-13-8-9-14-17(16(13)19(26)22-6)21(28)24(15(10-25)11(2)3)18(14)20(27)23-12(4)5/h8-9,11-18,25H,7,10H2,1-6H3,(H,22,26)(H,23,27)/t13-,14+,15+,16-,17+,18+/m1/s1. The van der Waals surface area contributed by atoms with Crippen molar-refractivity contribution in [3.8, 4) is 0 Å². The number of likely N-dealkylation sites (tertiary alicyclic amines) is 1. The fourth-order valence-electron chi connectivity index (χ4n) is 4.71. The minimum Gasteiger partial charge on any atom is -0.394 e. The number of amides is 3. The highest BCUT2D eigenvalue weighted by Crippen LogP contribution is 2.46. The average Bonchev–Trinajstić information content (AvgIpc) is 2.93. The van der Waals surface area contributed by atoms with Crippen LogP contribution < -0.4 is 10.6 Å². The van der Waals surface area contributed by atoms with Crippen LogP contribution in [0.25, 0.3) is 0 Å². The van der Waals surface area contributed by atoms with Crippen LogP contribution in [0.15, 0.2) is 12.2 Å². The Kier molecular flexibility index (Phi) is 7.26. The maximum Gasteiger partial charge on any atom is 0.243 e. The van der Waals surface area contributed by atoms with Gasteiger partial charge in [0, 0.05) is 19.0 Å². The molecule has 0 aromatic heterocycles. The summed E-state index contributed by atoms with van der Waals surface area (Å²) in [5, 5.41) is 15.6. The van der Waals surface area contributed by atoms with E-state index in [1.54, 1.807) is 11.9 Å². The fourth-order valence-corrected chi connectivity index (χ4v) is 4.71. The van der Waals surface area contributed by atoms with E-state index < -0.39 is 23.9 Å². The van der Waals surface area contributed by atoms with Gasteiger partial charge in [0.15, 0.2) is 0 Å². The fraction of sp³-hybridized carbons (Fsp3) is 0.762. The molecule has 1 aliphatic heterocycles. The molecule has 3 amide bonds. The Morgan fingerprint density at radius 2 is 1.82 bits per heavy atom. The monoisotopic (exact) mass is 393 g/mol. The molecule has 6 atom stereocenters. The average molecular weight is 394 g/mol. The minimum atomic E-state index is -0.722. The number of carbonyl (C=O) groups excluding carboxylic acids is 3. The number of aliphatic hydroxyl groups is 1. The van der Waals surface area contributed by atoms with Crippen LogP contribution in [0.4, 0.5) is 0 Å². The Morgan fingerprint density at radius 3 is 2.29 bits per heavy atom. The summed E-state index contributed by atoms with van der Waals surface area (Å²) < 4.78 is 0. The van der Waals surface area contributed by atoms with E-state index in [0.29, 0.717) is 0 Å². The van der Waals surface area contributed by atoms with Crippen LogP contribution in [0.2, 0.25) is 0 Å². The number of nitrogens with zero attached hydrogens (tertiary/aromatic N) is 1. The van der Waals surface area contributed by atoms with Crippen LogP contribution in [-0.4, -0.2) is 59.5 Å². The predicted octanol–water partition coefficient (Wildman–Crippen LogP) is 0.929. The van der Waals surface area contributed by atoms with Crippen molar-refractivity contribution < 1.29 is 19.5 Å². The number of hydrogen-bond donors (Lipinski definition) is 3. The van der Waals surface area contributed by atoms with Crippen LogP contribution in [-0.2, 0) is 14.4 Å². The molecule has 0 aromatic rings. The molecule has 158 valence electrons. The second kappa shape index (κ2) is 9.07. The third kappa shape index (κ3) is 3.95. The summed E-state index contributed by atoms with van der Waals surface area (Å²) >= 11 is 0. The summed E-state index contributed by atoms with van der Waals surface area (Å²) in [7, 11) is 1.58. The number of nitrogens with one attached hydrogen (secondary N) is 2. The Bertz CT molecular complexity index is 631. The van der Waals surface area contributed by atoms with Crippen molar-refractivity contribution in [1.29, 1.82) is 0 Å². The van der Waals surface area contributed by atoms with Gasteiger partial charge in [-0.25, -0.2) is 0 Å². The molecule has 1 aliphatic carbocycles. The van der Waals surface area contributed by atoms with Gasteiger partial charge in [0.05, 0.1) is 24.5 Å². The third-order valence-electron chi connectivity index (χ3n) is 6.08. The molecule has 0 unspecified atom stereocenters. The van der Waals surface area contributed by atoms with Gasteiger partial charge in [0.1, 0.15) is 6.04 Å². The summed E-state index contributed by atoms with van der Waals surface area (Å²) in [5.74, 6) is -2.17. The largest absolute Gasteiger partial charge is 0.394 e. The van der Waals surface area contributed by atoms with Gasteiger partial charge in [0.25, 0.3) is 0 Å². The lowest BCUT2D eigenvalue weighted by atomic mass is 9.69. The second-order valence-corrected chi connectivity index (χ2v) is 8.55. The summed E-state index contributed by atoms with van der Waals surface area (Å²) in [4.78, 5) is 40.9. The summed E-state index contributed by atoms with van der Waals surface area (Å²) in [6.45, 7) is 9.37. The van der Waals surface area contributed by atoms with E-state index in [1.165, 1.54) is 0 Å². The summed E-state index contributed by atoms with van der Waals surface area (Å²) in [5.41, 5.74) is 0. The van der Waals surface area contributed by atoms with E-state index in [0.717, 1.165) is 6.42 Å². The van der Waals surface area contributed by atoms with Crippen molar-refractivity contribution in [3.63, 3.8) is 0 Å². The van der Waals surface area contributed by atoms with Gasteiger partial charge >= 0.3 is 0 Å². The molecule has 2 rings (SSSR count). The predicted molar refractivity (Wildman–Crippen MR) is 107 cm³/mol. The summed E-state index contributed by atoms with van der Waals surface area (Å²) in [6.07, 6.45) is 4.66. The maximum absolute atomic E-state index is 13.6. The molecule has 0 saturated carbocycles. The zero-order valence-electron chi connectivity index (χ0n) is 17.8. The number of carbonyl (C=O) groups is 3. The van der Waals surface area contributed by atoms with Crippen molar-refractivity contribution >= 4 is 17.7 Å². The van der Waals surface area contributed by atoms with Gasteiger partial charge in [-0.3, -0.25) is 14.4 Å². The number of aliphatic hydroxyl groups excluding tert-OH is 1. The molecule has 0 spiro atoms. The first-order valence-corrected chi connectivity index (χ1v) is 10.3. The molecule has 1 fully saturated rings. The second-order valence-electron chi connectivity index (χ2n) is 8.55. The molecular weight excluding hydrogens is 358 g/mol. The third-order valence-corrected chi connectivity index (χ3v) is 6.08. The van der Waals surface area contributed by atoms with E-state index in [9.17, 15) is 19.5 Å². The smallest absolute Gasteiger partial charge is 0.243 e. The molecule has 28 heavy (non-hydrogen) atoms. The number of fused-ring (bicyclic) bond motifs is 1. The van der Waals surface area contributed by atoms with Crippen LogP contribution in [0.5, 0.6) is 0 Å². The van der Waals surface area contributed by atoms with E-state index in [2.05, 4.69) is 10.6 Å². The SMILES string of the molecule is CC[C@@H]1C=C[C@H]2[C@H](C(=O)N([C@@H](CO)C(C)C)[C@@H]2C(=O)NC(C)C)[C@@H]1C(=O)NC. The van der Waals surface area contributed by atoms with E-state index in [1.807, 2.05) is 46.8 Å². The van der Waals surface area contributed by atoms with Gasteiger partial charge in [-0.2, -0.15) is 0 Å². The number of allylic oxidation sites excluding steroid dienone is 1. The molecule has 7 heteroatoms. The van der Waals surface area contributed by atoms with Gasteiger partial charge in [-0.15, -0.1) is 0 Å². The Hall–Kier alpha value is -1.89. The summed E-state index contributed by atoms with van der Waals surface area (Å²) in [6, 6.07) is -1.26. The van der Waals surface area contributed by atoms with Gasteiger partial charge < -0.3 is 20.6 Å². The van der Waals surface area contributed by atoms with Gasteiger partial charge in [-0.05, 0) is 32.1 Å². The lowest BCUT2D eigenvalue weighted by Gasteiger charge is -2.35. The first-order chi connectivity index (χ1) is 13.2. The zero-order valence-corrected chi connectivity index (χ0v) is 17.8. The number of rotatable bonds is 7. The molecule has 1 heterocycles. The van der Waals surface area contributed by atoms with Crippen LogP contribution in [0, 0.1) is 29.6 Å². The first kappa shape index (κ1) is 22.4. The zero-order chi connectivity index (χ0) is 21.2. The normalized spacial score (nSPS) is 30.5. The van der Waals surface area contributed by atoms with Crippen molar-refractivity contribution in [2.45, 2.75) is 59.2 Å². The van der Waals surface area contributed by atoms with Crippen molar-refractivity contribution in [1.82, 2.24) is 15.5 Å². The van der Waals surface area contributed by atoms with E-state index >= 15 is 0 Å². The highest BCUT2D eigenvalue weighted by atomic mass is 16.3. The van der Waals surface area contributed by atoms with E-state index in [4.69, 9.17) is 0 Å². The lowest BCUT2D eigenvalue weighted by Crippen LogP contribution is -2.54. The molecule has 2 aliphatic rings. The van der Waals surface area contributed by atoms with Gasteiger partial charge in [0.2, 0.25) is 17.7 Å². The lowest BCUT2D eigenvalue weighted by molar-refractivity contribution is -0.144. The Labute approximate surface area is 167 Å². The molecular formula is C21H35N3O4. The molecule has 7 nitrogen and oxygen atoms in total. The van der Waals surface area contributed by atoms with Crippen molar-refractivity contribution in [2.24, 2.45) is 29.6 Å². The van der Waals surface area contributed by atoms with Crippen molar-refractivity contribution in [2.75, 3.05) is 13.7 Å². The molecule has 3 N–H and O–H groups in total. The topological polar surface area (TPSA) is 98.7 Å². The van der Waals surface area contributed by atoms with Crippen LogP contribution >= 0.6 is 0 Å². The quantitative estimate of drug-likeness (QED) is 0.561. The van der Waals surface area contributed by atoms with Crippen LogP contribution in [0.3, 0.4) is 0 Å². The minimum absolute atomic E-state index is 0.0205. The number of hydrogen-bond acceptors (Lipinski definition) is 4. The van der Waals surface area contributed by atoms with Crippen molar-refractivity contribution in [3.05, 3.63) is 12.2 Å².